The van der Waals surface area contributed by atoms with Crippen molar-refractivity contribution in [2.24, 2.45) is 0 Å². The lowest BCUT2D eigenvalue weighted by atomic mass is 10.4. The van der Waals surface area contributed by atoms with Gasteiger partial charge in [-0.2, -0.15) is 0 Å². The van der Waals surface area contributed by atoms with Gasteiger partial charge in [0.25, 0.3) is 0 Å². The minimum atomic E-state index is -3.14. The third kappa shape index (κ3) is 12.3. The Morgan fingerprint density at radius 3 is 2.39 bits per heavy atom. The summed E-state index contributed by atoms with van der Waals surface area (Å²) in [6, 6.07) is 0.312. The maximum absolute atomic E-state index is 11.6. The lowest BCUT2D eigenvalue weighted by Crippen LogP contribution is -2.35. The summed E-state index contributed by atoms with van der Waals surface area (Å²) in [7, 11) is -3.14. The third-order valence-corrected chi connectivity index (χ3v) is 3.74. The van der Waals surface area contributed by atoms with Crippen molar-refractivity contribution in [1.29, 1.82) is 0 Å². The summed E-state index contributed by atoms with van der Waals surface area (Å²) in [4.78, 5) is 0. The van der Waals surface area contributed by atoms with E-state index in [1.807, 2.05) is 13.8 Å². The van der Waals surface area contributed by atoms with Crippen LogP contribution in [0.3, 0.4) is 0 Å². The van der Waals surface area contributed by atoms with Gasteiger partial charge in [0.15, 0.2) is 0 Å². The fourth-order valence-electron chi connectivity index (χ4n) is 1.30. The Labute approximate surface area is 112 Å². The van der Waals surface area contributed by atoms with Crippen molar-refractivity contribution in [2.45, 2.75) is 46.1 Å². The van der Waals surface area contributed by atoms with Crippen molar-refractivity contribution in [3.8, 4) is 0 Å². The molecule has 0 radical (unpaired) electrons. The molecule has 0 aromatic carbocycles. The summed E-state index contributed by atoms with van der Waals surface area (Å²) >= 11 is 0. The molecule has 0 amide bonds. The average molecular weight is 280 g/mol. The van der Waals surface area contributed by atoms with Crippen molar-refractivity contribution in [3.63, 3.8) is 0 Å². The molecule has 0 aliphatic carbocycles. The van der Waals surface area contributed by atoms with Crippen LogP contribution in [0.4, 0.5) is 0 Å². The fraction of sp³-hybridized carbons (Fsp3) is 1.00. The van der Waals surface area contributed by atoms with Gasteiger partial charge in [-0.15, -0.1) is 0 Å². The maximum atomic E-state index is 11.6. The van der Waals surface area contributed by atoms with Gasteiger partial charge in [0.1, 0.15) is 0 Å². The zero-order valence-electron chi connectivity index (χ0n) is 11.9. The predicted octanol–water partition coefficient (Wildman–Crippen LogP) is 1.11. The van der Waals surface area contributed by atoms with E-state index < -0.39 is 10.0 Å². The van der Waals surface area contributed by atoms with Crippen LogP contribution < -0.4 is 10.0 Å². The van der Waals surface area contributed by atoms with E-state index in [0.29, 0.717) is 25.7 Å². The Kier molecular flexibility index (Phi) is 10.6. The molecule has 6 heteroatoms. The van der Waals surface area contributed by atoms with E-state index in [1.165, 1.54) is 0 Å². The number of rotatable bonds is 12. The number of hydrogen-bond acceptors (Lipinski definition) is 4. The number of unbranched alkanes of at least 4 members (excludes halogenated alkanes) is 1. The van der Waals surface area contributed by atoms with Crippen molar-refractivity contribution in [3.05, 3.63) is 0 Å². The van der Waals surface area contributed by atoms with E-state index in [9.17, 15) is 8.42 Å². The van der Waals surface area contributed by atoms with Crippen LogP contribution >= 0.6 is 0 Å². The Bertz CT molecular complexity index is 279. The van der Waals surface area contributed by atoms with Crippen LogP contribution in [0, 0.1) is 0 Å². The molecule has 0 saturated heterocycles. The Morgan fingerprint density at radius 2 is 1.78 bits per heavy atom. The second-order valence-corrected chi connectivity index (χ2v) is 6.57. The fourth-order valence-corrected chi connectivity index (χ4v) is 2.29. The van der Waals surface area contributed by atoms with E-state index in [0.717, 1.165) is 25.9 Å². The highest BCUT2D eigenvalue weighted by molar-refractivity contribution is 7.89. The Morgan fingerprint density at radius 1 is 1.11 bits per heavy atom. The molecule has 2 N–H and O–H groups in total. The molecule has 0 aliphatic heterocycles. The van der Waals surface area contributed by atoms with E-state index in [-0.39, 0.29) is 5.75 Å². The Balaban J connectivity index is 3.47. The first-order valence-corrected chi connectivity index (χ1v) is 8.41. The molecule has 0 aromatic heterocycles. The second-order valence-electron chi connectivity index (χ2n) is 4.64. The van der Waals surface area contributed by atoms with Gasteiger partial charge in [0.05, 0.1) is 5.75 Å². The van der Waals surface area contributed by atoms with Crippen LogP contribution in [-0.4, -0.2) is 46.5 Å². The van der Waals surface area contributed by atoms with Crippen LogP contribution in [0.2, 0.25) is 0 Å². The zero-order valence-corrected chi connectivity index (χ0v) is 12.7. The van der Waals surface area contributed by atoms with Gasteiger partial charge >= 0.3 is 0 Å². The molecular formula is C12H28N2O3S. The SMILES string of the molecule is CCCCOCCCNS(=O)(=O)CCNC(C)C. The normalized spacial score (nSPS) is 12.2. The molecular weight excluding hydrogens is 252 g/mol. The topological polar surface area (TPSA) is 67.4 Å². The molecule has 0 bridgehead atoms. The Hall–Kier alpha value is -0.170. The van der Waals surface area contributed by atoms with Crippen LogP contribution in [0.1, 0.15) is 40.0 Å². The molecule has 0 saturated carbocycles. The summed E-state index contributed by atoms with van der Waals surface area (Å²) in [5, 5.41) is 3.08. The number of hydrogen-bond donors (Lipinski definition) is 2. The quantitative estimate of drug-likeness (QED) is 0.526. The lowest BCUT2D eigenvalue weighted by Gasteiger charge is -2.09. The average Bonchev–Trinajstić information content (AvgIpc) is 2.27. The molecule has 0 spiro atoms. The highest BCUT2D eigenvalue weighted by Crippen LogP contribution is 1.90. The third-order valence-electron chi connectivity index (χ3n) is 2.35. The molecule has 110 valence electrons. The largest absolute Gasteiger partial charge is 0.381 e. The molecule has 0 heterocycles. The van der Waals surface area contributed by atoms with Crippen molar-refractivity contribution < 1.29 is 13.2 Å². The molecule has 5 nitrogen and oxygen atoms in total. The van der Waals surface area contributed by atoms with Gasteiger partial charge in [0.2, 0.25) is 10.0 Å². The standard InChI is InChI=1S/C12H28N2O3S/c1-4-5-9-17-10-6-7-14-18(15,16)11-8-13-12(2)3/h12-14H,4-11H2,1-3H3. The van der Waals surface area contributed by atoms with Crippen LogP contribution in [0.15, 0.2) is 0 Å². The van der Waals surface area contributed by atoms with Crippen molar-refractivity contribution in [1.82, 2.24) is 10.0 Å². The minimum absolute atomic E-state index is 0.127. The smallest absolute Gasteiger partial charge is 0.212 e. The van der Waals surface area contributed by atoms with Gasteiger partial charge in [-0.25, -0.2) is 13.1 Å². The predicted molar refractivity (Wildman–Crippen MR) is 75.3 cm³/mol. The minimum Gasteiger partial charge on any atom is -0.381 e. The maximum Gasteiger partial charge on any atom is 0.212 e. The van der Waals surface area contributed by atoms with Gasteiger partial charge in [-0.05, 0) is 12.8 Å². The molecule has 0 aliphatic rings. The highest BCUT2D eigenvalue weighted by Gasteiger charge is 2.08. The first kappa shape index (κ1) is 17.8. The number of ether oxygens (including phenoxy) is 1. The van der Waals surface area contributed by atoms with E-state index in [2.05, 4.69) is 17.0 Å². The summed E-state index contributed by atoms with van der Waals surface area (Å²) in [6.07, 6.45) is 2.91. The molecule has 0 unspecified atom stereocenters. The van der Waals surface area contributed by atoms with Crippen LogP contribution in [0.25, 0.3) is 0 Å². The van der Waals surface area contributed by atoms with Crippen molar-refractivity contribution >= 4 is 10.0 Å². The number of sulfonamides is 1. The molecule has 18 heavy (non-hydrogen) atoms. The van der Waals surface area contributed by atoms with E-state index in [1.54, 1.807) is 0 Å². The molecule has 0 aromatic rings. The lowest BCUT2D eigenvalue weighted by molar-refractivity contribution is 0.130. The molecule has 0 rings (SSSR count). The van der Waals surface area contributed by atoms with Crippen LogP contribution in [-0.2, 0) is 14.8 Å². The zero-order chi connectivity index (χ0) is 13.9. The van der Waals surface area contributed by atoms with E-state index >= 15 is 0 Å². The summed E-state index contributed by atoms with van der Waals surface area (Å²) in [5.41, 5.74) is 0. The van der Waals surface area contributed by atoms with Gasteiger partial charge in [0, 0.05) is 32.3 Å². The van der Waals surface area contributed by atoms with Crippen LogP contribution in [0.5, 0.6) is 0 Å². The second kappa shape index (κ2) is 10.7. The summed E-state index contributed by atoms with van der Waals surface area (Å²) < 4.78 is 31.0. The van der Waals surface area contributed by atoms with Gasteiger partial charge in [-0.1, -0.05) is 27.2 Å². The summed E-state index contributed by atoms with van der Waals surface area (Å²) in [5.74, 6) is 0.127. The first-order chi connectivity index (χ1) is 8.48. The summed E-state index contributed by atoms with van der Waals surface area (Å²) in [6.45, 7) is 8.43. The van der Waals surface area contributed by atoms with Gasteiger partial charge < -0.3 is 10.1 Å². The molecule has 0 atom stereocenters. The highest BCUT2D eigenvalue weighted by atomic mass is 32.2. The van der Waals surface area contributed by atoms with Gasteiger partial charge in [-0.3, -0.25) is 0 Å². The van der Waals surface area contributed by atoms with E-state index in [4.69, 9.17) is 4.74 Å². The van der Waals surface area contributed by atoms with Crippen molar-refractivity contribution in [2.75, 3.05) is 32.1 Å². The monoisotopic (exact) mass is 280 g/mol. The number of nitrogens with one attached hydrogen (secondary N) is 2. The molecule has 0 fully saturated rings. The first-order valence-electron chi connectivity index (χ1n) is 6.76.